The first kappa shape index (κ1) is 26.1. The van der Waals surface area contributed by atoms with Gasteiger partial charge in [-0.1, -0.05) is 27.7 Å². The number of nitrogens with one attached hydrogen (secondary N) is 4. The fourth-order valence-electron chi connectivity index (χ4n) is 7.23. The summed E-state index contributed by atoms with van der Waals surface area (Å²) in [6.07, 6.45) is 3.40. The third-order valence-corrected chi connectivity index (χ3v) is 10.6. The van der Waals surface area contributed by atoms with Crippen molar-refractivity contribution < 1.29 is 17.9 Å². The molecule has 2 saturated carbocycles. The highest BCUT2D eigenvalue weighted by molar-refractivity contribution is 7.89. The van der Waals surface area contributed by atoms with E-state index in [9.17, 15) is 22.8 Å². The number of sulfonamides is 1. The molecule has 11 heteroatoms. The number of aromatic amines is 2. The van der Waals surface area contributed by atoms with Crippen LogP contribution >= 0.6 is 0 Å². The molecule has 1 aromatic heterocycles. The lowest BCUT2D eigenvalue weighted by atomic mass is 9.59. The maximum Gasteiger partial charge on any atom is 0.326 e. The highest BCUT2D eigenvalue weighted by Crippen LogP contribution is 2.68. The second kappa shape index (κ2) is 9.06. The maximum atomic E-state index is 13.0. The number of aromatic nitrogens is 2. The van der Waals surface area contributed by atoms with Crippen LogP contribution in [0.5, 0.6) is 0 Å². The minimum absolute atomic E-state index is 0.00272. The van der Waals surface area contributed by atoms with Crippen molar-refractivity contribution in [3.05, 3.63) is 39.0 Å². The van der Waals surface area contributed by atoms with Crippen LogP contribution in [0.3, 0.4) is 0 Å². The summed E-state index contributed by atoms with van der Waals surface area (Å²) in [5, 5.41) is 3.48. The number of rotatable bonds is 7. The molecule has 2 heterocycles. The molecule has 1 saturated heterocycles. The molecule has 3 aliphatic rings. The van der Waals surface area contributed by atoms with Crippen LogP contribution in [0.15, 0.2) is 32.7 Å². The molecule has 10 nitrogen and oxygen atoms in total. The van der Waals surface area contributed by atoms with Crippen molar-refractivity contribution in [2.45, 2.75) is 70.4 Å². The number of hydrogen-bond acceptors (Lipinski definition) is 6. The van der Waals surface area contributed by atoms with Crippen molar-refractivity contribution in [1.29, 1.82) is 0 Å². The number of fused-ring (bicyclic) bond motifs is 2. The Kier molecular flexibility index (Phi) is 6.39. The van der Waals surface area contributed by atoms with Gasteiger partial charge in [-0.2, -0.15) is 0 Å². The molecule has 5 atom stereocenters. The van der Waals surface area contributed by atoms with Gasteiger partial charge in [-0.05, 0) is 66.5 Å². The number of amides is 1. The van der Waals surface area contributed by atoms with E-state index in [1.54, 1.807) is 0 Å². The molecule has 3 fully saturated rings. The van der Waals surface area contributed by atoms with Gasteiger partial charge in [-0.3, -0.25) is 14.6 Å². The van der Waals surface area contributed by atoms with E-state index in [-0.39, 0.29) is 63.1 Å². The summed E-state index contributed by atoms with van der Waals surface area (Å²) in [4.78, 5) is 40.8. The Labute approximate surface area is 216 Å². The lowest BCUT2D eigenvalue weighted by Crippen LogP contribution is -2.60. The van der Waals surface area contributed by atoms with Crippen LogP contribution < -0.4 is 21.3 Å². The van der Waals surface area contributed by atoms with E-state index < -0.39 is 21.3 Å². The van der Waals surface area contributed by atoms with Crippen LogP contribution in [-0.4, -0.2) is 49.6 Å². The quantitative estimate of drug-likeness (QED) is 0.428. The van der Waals surface area contributed by atoms with E-state index in [1.165, 1.54) is 18.2 Å². The standard InChI is InChI=1S/C26H36N4O6S/c1-14(2)21(31)29-23-25(3,4)15-11-18-20(36-10-8-26(18,23)13-15)7-9-27-37(34,35)16-5-6-19-17(12-16)22(32)30-24(33)28-19/h5-6,12,14-15,18,20,23,27H,7-11,13H2,1-4H3,(H,29,31)(H2,28,30,32,33)/t15-,18-,20-,23+,26-/m1/s1. The minimum Gasteiger partial charge on any atom is -0.378 e. The van der Waals surface area contributed by atoms with Gasteiger partial charge >= 0.3 is 5.69 Å². The van der Waals surface area contributed by atoms with Crippen LogP contribution in [0.2, 0.25) is 0 Å². The Balaban J connectivity index is 1.30. The van der Waals surface area contributed by atoms with Gasteiger partial charge in [-0.15, -0.1) is 0 Å². The van der Waals surface area contributed by atoms with Crippen molar-refractivity contribution in [1.82, 2.24) is 20.0 Å². The van der Waals surface area contributed by atoms with Crippen molar-refractivity contribution >= 4 is 26.8 Å². The Morgan fingerprint density at radius 2 is 1.97 bits per heavy atom. The molecule has 5 rings (SSSR count). The summed E-state index contributed by atoms with van der Waals surface area (Å²) in [7, 11) is -3.88. The Morgan fingerprint density at radius 3 is 2.70 bits per heavy atom. The van der Waals surface area contributed by atoms with E-state index in [0.717, 1.165) is 19.3 Å². The van der Waals surface area contributed by atoms with E-state index in [0.29, 0.717) is 18.9 Å². The van der Waals surface area contributed by atoms with E-state index in [2.05, 4.69) is 33.9 Å². The van der Waals surface area contributed by atoms with Gasteiger partial charge in [-0.25, -0.2) is 17.9 Å². The molecule has 0 radical (unpaired) electrons. The lowest BCUT2D eigenvalue weighted by Gasteiger charge is -2.53. The SMILES string of the molecule is CC(C)C(=O)N[C@H]1C(C)(C)[C@@H]2C[C@@H]3[C@@H](CCNS(=O)(=O)c4ccc5[nH]c(=O)[nH]c(=O)c5c4)OCC[C@@]31C2. The zero-order valence-electron chi connectivity index (χ0n) is 21.7. The first-order valence-corrected chi connectivity index (χ1v) is 14.5. The smallest absolute Gasteiger partial charge is 0.326 e. The number of benzene rings is 1. The third-order valence-electron chi connectivity index (χ3n) is 9.18. The molecule has 2 aromatic rings. The van der Waals surface area contributed by atoms with Crippen molar-refractivity contribution in [3.63, 3.8) is 0 Å². The van der Waals surface area contributed by atoms with Crippen LogP contribution in [0, 0.1) is 28.6 Å². The third kappa shape index (κ3) is 4.34. The van der Waals surface area contributed by atoms with Crippen molar-refractivity contribution in [3.8, 4) is 0 Å². The van der Waals surface area contributed by atoms with Crippen molar-refractivity contribution in [2.75, 3.05) is 13.2 Å². The second-order valence-electron chi connectivity index (χ2n) is 11.9. The predicted octanol–water partition coefficient (Wildman–Crippen LogP) is 1.87. The summed E-state index contributed by atoms with van der Waals surface area (Å²) in [5.74, 6) is 0.740. The Bertz CT molecular complexity index is 1440. The minimum atomic E-state index is -3.88. The van der Waals surface area contributed by atoms with Gasteiger partial charge < -0.3 is 15.0 Å². The average Bonchev–Trinajstić information content (AvgIpc) is 3.31. The second-order valence-corrected chi connectivity index (χ2v) is 13.6. The van der Waals surface area contributed by atoms with E-state index in [1.807, 2.05) is 13.8 Å². The van der Waals surface area contributed by atoms with E-state index >= 15 is 0 Å². The van der Waals surface area contributed by atoms with Crippen LogP contribution in [0.1, 0.15) is 53.4 Å². The highest BCUT2D eigenvalue weighted by Gasteiger charge is 2.68. The predicted molar refractivity (Wildman–Crippen MR) is 139 cm³/mol. The number of H-pyrrole nitrogens is 2. The molecular weight excluding hydrogens is 496 g/mol. The number of carbonyl (C=O) groups excluding carboxylic acids is 1. The molecule has 1 aromatic carbocycles. The Hall–Kier alpha value is -2.50. The molecule has 4 N–H and O–H groups in total. The topological polar surface area (TPSA) is 150 Å². The van der Waals surface area contributed by atoms with Crippen molar-refractivity contribution in [2.24, 2.45) is 28.6 Å². The van der Waals surface area contributed by atoms with E-state index in [4.69, 9.17) is 4.74 Å². The average molecular weight is 533 g/mol. The summed E-state index contributed by atoms with van der Waals surface area (Å²) in [6, 6.07) is 4.12. The molecule has 0 unspecified atom stereocenters. The maximum absolute atomic E-state index is 13.0. The zero-order valence-corrected chi connectivity index (χ0v) is 22.5. The largest absolute Gasteiger partial charge is 0.378 e. The number of ether oxygens (including phenoxy) is 1. The molecule has 1 spiro atoms. The molecular formula is C26H36N4O6S. The normalized spacial score (nSPS) is 30.5. The summed E-state index contributed by atoms with van der Waals surface area (Å²) in [5.41, 5.74) is -1.05. The van der Waals surface area contributed by atoms with Gasteiger partial charge in [0.2, 0.25) is 15.9 Å². The van der Waals surface area contributed by atoms with Gasteiger partial charge in [0.1, 0.15) is 0 Å². The fourth-order valence-corrected chi connectivity index (χ4v) is 8.31. The highest BCUT2D eigenvalue weighted by atomic mass is 32.2. The van der Waals surface area contributed by atoms with Gasteiger partial charge in [0.05, 0.1) is 21.9 Å². The van der Waals surface area contributed by atoms with Crippen LogP contribution in [0.25, 0.3) is 10.9 Å². The molecule has 2 aliphatic carbocycles. The summed E-state index contributed by atoms with van der Waals surface area (Å²) >= 11 is 0. The molecule has 1 amide bonds. The van der Waals surface area contributed by atoms with Gasteiger partial charge in [0.15, 0.2) is 0 Å². The number of carbonyl (C=O) groups is 1. The lowest BCUT2D eigenvalue weighted by molar-refractivity contribution is -0.138. The van der Waals surface area contributed by atoms with Crippen LogP contribution in [-0.2, 0) is 19.6 Å². The first-order valence-electron chi connectivity index (χ1n) is 13.0. The zero-order chi connectivity index (χ0) is 26.8. The molecule has 37 heavy (non-hydrogen) atoms. The summed E-state index contributed by atoms with van der Waals surface area (Å²) < 4.78 is 34.8. The first-order chi connectivity index (χ1) is 17.3. The molecule has 2 bridgehead atoms. The van der Waals surface area contributed by atoms with Crippen LogP contribution in [0.4, 0.5) is 0 Å². The fraction of sp³-hybridized carbons (Fsp3) is 0.654. The Morgan fingerprint density at radius 1 is 1.22 bits per heavy atom. The molecule has 1 aliphatic heterocycles. The summed E-state index contributed by atoms with van der Waals surface area (Å²) in [6.45, 7) is 9.13. The monoisotopic (exact) mass is 532 g/mol. The van der Waals surface area contributed by atoms with Gasteiger partial charge in [0, 0.05) is 25.1 Å². The number of hydrogen-bond donors (Lipinski definition) is 4. The molecule has 202 valence electrons. The van der Waals surface area contributed by atoms with Gasteiger partial charge in [0.25, 0.3) is 5.56 Å².